The van der Waals surface area contributed by atoms with E-state index in [1.807, 2.05) is 54.6 Å². The van der Waals surface area contributed by atoms with Crippen molar-refractivity contribution < 1.29 is 9.53 Å². The molecule has 0 radical (unpaired) electrons. The molecule has 23 heavy (non-hydrogen) atoms. The molecule has 0 aliphatic rings. The van der Waals surface area contributed by atoms with Crippen molar-refractivity contribution >= 4 is 21.7 Å². The smallest absolute Gasteiger partial charge is 0.200 e. The molecule has 0 aliphatic carbocycles. The van der Waals surface area contributed by atoms with Crippen molar-refractivity contribution in [3.05, 3.63) is 88.9 Å². The van der Waals surface area contributed by atoms with Gasteiger partial charge in [0.15, 0.2) is 12.4 Å². The number of ketones is 1. The predicted molar refractivity (Wildman–Crippen MR) is 95.8 cm³/mol. The third-order valence-corrected chi connectivity index (χ3v) is 4.03. The molecule has 3 heteroatoms. The fourth-order valence-corrected chi connectivity index (χ4v) is 2.51. The van der Waals surface area contributed by atoms with Gasteiger partial charge in [-0.2, -0.15) is 0 Å². The van der Waals surface area contributed by atoms with Crippen LogP contribution in [0, 0.1) is 0 Å². The molecule has 0 atom stereocenters. The Balaban J connectivity index is 1.64. The van der Waals surface area contributed by atoms with E-state index in [1.165, 1.54) is 0 Å². The van der Waals surface area contributed by atoms with E-state index < -0.39 is 0 Å². The van der Waals surface area contributed by atoms with E-state index in [2.05, 4.69) is 28.1 Å². The van der Waals surface area contributed by atoms with Crippen LogP contribution < -0.4 is 4.74 Å². The Kier molecular flexibility index (Phi) is 4.89. The molecule has 0 unspecified atom stereocenters. The summed E-state index contributed by atoms with van der Waals surface area (Å²) < 4.78 is 6.63. The summed E-state index contributed by atoms with van der Waals surface area (Å²) in [5, 5.41) is 0. The van der Waals surface area contributed by atoms with Gasteiger partial charge in [-0.15, -0.1) is 0 Å². The van der Waals surface area contributed by atoms with Crippen LogP contribution in [0.15, 0.2) is 83.3 Å². The molecule has 0 saturated carbocycles. The highest BCUT2D eigenvalue weighted by atomic mass is 79.9. The third-order valence-electron chi connectivity index (χ3n) is 3.50. The summed E-state index contributed by atoms with van der Waals surface area (Å²) in [4.78, 5) is 12.0. The van der Waals surface area contributed by atoms with Crippen LogP contribution in [0.5, 0.6) is 5.75 Å². The van der Waals surface area contributed by atoms with Gasteiger partial charge in [-0.25, -0.2) is 0 Å². The highest BCUT2D eigenvalue weighted by Crippen LogP contribution is 2.24. The molecule has 0 amide bonds. The largest absolute Gasteiger partial charge is 0.485 e. The maximum atomic E-state index is 12.0. The maximum Gasteiger partial charge on any atom is 0.200 e. The Bertz CT molecular complexity index is 778. The predicted octanol–water partition coefficient (Wildman–Crippen LogP) is 5.38. The summed E-state index contributed by atoms with van der Waals surface area (Å²) in [5.41, 5.74) is 2.92. The van der Waals surface area contributed by atoms with Gasteiger partial charge in [-0.1, -0.05) is 70.5 Å². The number of ether oxygens (including phenoxy) is 1. The molecule has 2 nitrogen and oxygen atoms in total. The zero-order valence-corrected chi connectivity index (χ0v) is 14.0. The van der Waals surface area contributed by atoms with Crippen LogP contribution in [-0.4, -0.2) is 12.4 Å². The number of rotatable bonds is 5. The molecule has 0 aliphatic heterocycles. The highest BCUT2D eigenvalue weighted by molar-refractivity contribution is 9.10. The van der Waals surface area contributed by atoms with Crippen molar-refractivity contribution in [1.82, 2.24) is 0 Å². The molecule has 0 N–H and O–H groups in total. The summed E-state index contributed by atoms with van der Waals surface area (Å²) in [7, 11) is 0. The lowest BCUT2D eigenvalue weighted by Gasteiger charge is -2.07. The number of carbonyl (C=O) groups excluding carboxylic acids is 1. The molecule has 3 rings (SSSR count). The summed E-state index contributed by atoms with van der Waals surface area (Å²) in [5.74, 6) is 0.665. The maximum absolute atomic E-state index is 12.0. The number of hydrogen-bond acceptors (Lipinski definition) is 2. The van der Waals surface area contributed by atoms with E-state index in [9.17, 15) is 4.79 Å². The van der Waals surface area contributed by atoms with Crippen molar-refractivity contribution in [2.24, 2.45) is 0 Å². The van der Waals surface area contributed by atoms with Gasteiger partial charge in [-0.3, -0.25) is 4.79 Å². The van der Waals surface area contributed by atoms with Crippen molar-refractivity contribution in [3.8, 4) is 16.9 Å². The van der Waals surface area contributed by atoms with E-state index in [0.717, 1.165) is 15.6 Å². The summed E-state index contributed by atoms with van der Waals surface area (Å²) in [6.45, 7) is 0.0433. The average molecular weight is 367 g/mol. The lowest BCUT2D eigenvalue weighted by Crippen LogP contribution is -2.11. The Hall–Kier alpha value is -2.39. The summed E-state index contributed by atoms with van der Waals surface area (Å²) in [6.07, 6.45) is 0. The van der Waals surface area contributed by atoms with Gasteiger partial charge >= 0.3 is 0 Å². The summed E-state index contributed by atoms with van der Waals surface area (Å²) in [6, 6.07) is 25.1. The van der Waals surface area contributed by atoms with E-state index in [1.54, 1.807) is 12.1 Å². The van der Waals surface area contributed by atoms with Gasteiger partial charge < -0.3 is 4.74 Å². The molecular weight excluding hydrogens is 352 g/mol. The lowest BCUT2D eigenvalue weighted by atomic mass is 10.1. The fraction of sp³-hybridized carbons (Fsp3) is 0.0500. The molecular formula is C20H15BrO2. The minimum Gasteiger partial charge on any atom is -0.485 e. The number of benzene rings is 3. The van der Waals surface area contributed by atoms with Gasteiger partial charge in [0.1, 0.15) is 5.75 Å². The highest BCUT2D eigenvalue weighted by Gasteiger charge is 2.06. The van der Waals surface area contributed by atoms with Crippen LogP contribution in [0.25, 0.3) is 11.1 Å². The van der Waals surface area contributed by atoms with Crippen LogP contribution in [0.1, 0.15) is 10.4 Å². The minimum atomic E-state index is -0.0254. The van der Waals surface area contributed by atoms with Gasteiger partial charge in [0.25, 0.3) is 0 Å². The third kappa shape index (κ3) is 4.08. The van der Waals surface area contributed by atoms with Crippen molar-refractivity contribution in [1.29, 1.82) is 0 Å². The minimum absolute atomic E-state index is 0.0254. The molecule has 0 bridgehead atoms. The Morgan fingerprint density at radius 2 is 1.35 bits per heavy atom. The Labute approximate surface area is 143 Å². The van der Waals surface area contributed by atoms with Crippen LogP contribution in [0.2, 0.25) is 0 Å². The van der Waals surface area contributed by atoms with Crippen molar-refractivity contribution in [3.63, 3.8) is 0 Å². The second kappa shape index (κ2) is 7.25. The second-order valence-corrected chi connectivity index (χ2v) is 6.02. The molecule has 3 aromatic rings. The SMILES string of the molecule is O=C(COc1ccc(-c2ccc(Br)cc2)cc1)c1ccccc1. The first-order valence-electron chi connectivity index (χ1n) is 7.29. The zero-order valence-electron chi connectivity index (χ0n) is 12.4. The van der Waals surface area contributed by atoms with E-state index in [0.29, 0.717) is 11.3 Å². The number of carbonyl (C=O) groups is 1. The zero-order chi connectivity index (χ0) is 16.1. The lowest BCUT2D eigenvalue weighted by molar-refractivity contribution is 0.0921. The summed E-state index contributed by atoms with van der Waals surface area (Å²) >= 11 is 3.43. The Morgan fingerprint density at radius 3 is 1.96 bits per heavy atom. The molecule has 0 spiro atoms. The number of hydrogen-bond donors (Lipinski definition) is 0. The molecule has 114 valence electrons. The topological polar surface area (TPSA) is 26.3 Å². The molecule has 0 saturated heterocycles. The first-order chi connectivity index (χ1) is 11.2. The van der Waals surface area contributed by atoms with Gasteiger partial charge in [-0.05, 0) is 35.4 Å². The number of halogens is 1. The second-order valence-electron chi connectivity index (χ2n) is 5.11. The van der Waals surface area contributed by atoms with E-state index >= 15 is 0 Å². The standard InChI is InChI=1S/C20H15BrO2/c21-18-10-6-15(7-11-18)16-8-12-19(13-9-16)23-14-20(22)17-4-2-1-3-5-17/h1-13H,14H2. The average Bonchev–Trinajstić information content (AvgIpc) is 2.61. The van der Waals surface area contributed by atoms with Crippen LogP contribution in [0.4, 0.5) is 0 Å². The van der Waals surface area contributed by atoms with Gasteiger partial charge in [0.2, 0.25) is 0 Å². The monoisotopic (exact) mass is 366 g/mol. The van der Waals surface area contributed by atoms with Crippen molar-refractivity contribution in [2.75, 3.05) is 6.61 Å². The van der Waals surface area contributed by atoms with Crippen LogP contribution in [-0.2, 0) is 0 Å². The van der Waals surface area contributed by atoms with E-state index in [4.69, 9.17) is 4.74 Å². The van der Waals surface area contributed by atoms with E-state index in [-0.39, 0.29) is 12.4 Å². The molecule has 0 aromatic heterocycles. The van der Waals surface area contributed by atoms with Crippen LogP contribution in [0.3, 0.4) is 0 Å². The number of Topliss-reactive ketones (excluding diaryl/α,β-unsaturated/α-hetero) is 1. The molecule has 0 fully saturated rings. The quantitative estimate of drug-likeness (QED) is 0.566. The molecule has 3 aromatic carbocycles. The van der Waals surface area contributed by atoms with Crippen LogP contribution >= 0.6 is 15.9 Å². The van der Waals surface area contributed by atoms with Gasteiger partial charge in [0, 0.05) is 10.0 Å². The fourth-order valence-electron chi connectivity index (χ4n) is 2.24. The normalized spacial score (nSPS) is 10.3. The first-order valence-corrected chi connectivity index (χ1v) is 8.09. The van der Waals surface area contributed by atoms with Crippen molar-refractivity contribution in [2.45, 2.75) is 0 Å². The first kappa shape index (κ1) is 15.5. The molecule has 0 heterocycles. The van der Waals surface area contributed by atoms with Gasteiger partial charge in [0.05, 0.1) is 0 Å². The Morgan fingerprint density at radius 1 is 0.783 bits per heavy atom.